The zero-order valence-corrected chi connectivity index (χ0v) is 10.1. The fourth-order valence-corrected chi connectivity index (χ4v) is 0.969. The van der Waals surface area contributed by atoms with Crippen molar-refractivity contribution in [2.45, 2.75) is 19.9 Å². The lowest BCUT2D eigenvalue weighted by atomic mass is 9.81. The van der Waals surface area contributed by atoms with Crippen molar-refractivity contribution in [2.75, 3.05) is 0 Å². The maximum absolute atomic E-state index is 10.4. The zero-order valence-electron chi connectivity index (χ0n) is 10.1. The van der Waals surface area contributed by atoms with Gasteiger partial charge in [-0.3, -0.25) is 4.79 Å². The molecule has 92 valence electrons. The van der Waals surface area contributed by atoms with Crippen molar-refractivity contribution >= 4 is 18.5 Å². The molecule has 0 spiro atoms. The van der Waals surface area contributed by atoms with Gasteiger partial charge in [0.15, 0.2) is 0 Å². The predicted octanol–water partition coefficient (Wildman–Crippen LogP) is 0.0634. The van der Waals surface area contributed by atoms with E-state index in [4.69, 9.17) is 10.0 Å². The van der Waals surface area contributed by atoms with Gasteiger partial charge in [-0.15, -0.1) is 0 Å². The van der Waals surface area contributed by atoms with E-state index >= 15 is 0 Å². The molecule has 0 radical (unpaired) electrons. The second-order valence-corrected chi connectivity index (χ2v) is 3.65. The second kappa shape index (κ2) is 8.55. The van der Waals surface area contributed by atoms with Gasteiger partial charge in [0.1, 0.15) is 0 Å². The third kappa shape index (κ3) is 8.25. The molecule has 1 aromatic carbocycles. The van der Waals surface area contributed by atoms with Gasteiger partial charge in [0, 0.05) is 6.04 Å². The number of hydrogen-bond donors (Lipinski definition) is 3. The third-order valence-corrected chi connectivity index (χ3v) is 1.71. The van der Waals surface area contributed by atoms with Gasteiger partial charge in [-0.05, 0) is 25.4 Å². The molecule has 0 heterocycles. The van der Waals surface area contributed by atoms with Crippen LogP contribution in [0.2, 0.25) is 0 Å². The maximum Gasteiger partial charge on any atom is 0.488 e. The first-order chi connectivity index (χ1) is 7.97. The van der Waals surface area contributed by atoms with E-state index in [-0.39, 0.29) is 11.9 Å². The first-order valence-corrected chi connectivity index (χ1v) is 5.31. The highest BCUT2D eigenvalue weighted by Crippen LogP contribution is 1.82. The molecule has 4 nitrogen and oxygen atoms in total. The molecule has 0 saturated carbocycles. The van der Waals surface area contributed by atoms with E-state index in [0.29, 0.717) is 5.46 Å². The summed E-state index contributed by atoms with van der Waals surface area (Å²) in [6.07, 6.45) is 1.26. The van der Waals surface area contributed by atoms with Gasteiger partial charge in [0.05, 0.1) is 0 Å². The van der Waals surface area contributed by atoms with Crippen LogP contribution in [0.25, 0.3) is 0 Å². The number of carbonyl (C=O) groups excluding carboxylic acids is 1. The summed E-state index contributed by atoms with van der Waals surface area (Å²) < 4.78 is 0. The molecule has 1 aromatic rings. The second-order valence-electron chi connectivity index (χ2n) is 3.65. The van der Waals surface area contributed by atoms with Crippen molar-refractivity contribution in [2.24, 2.45) is 0 Å². The van der Waals surface area contributed by atoms with Gasteiger partial charge >= 0.3 is 7.12 Å². The molecule has 0 aliphatic carbocycles. The molecular formula is C12H18BNO3. The molecule has 0 fully saturated rings. The minimum atomic E-state index is -1.34. The molecular weight excluding hydrogens is 217 g/mol. The van der Waals surface area contributed by atoms with Crippen LogP contribution in [0.1, 0.15) is 13.8 Å². The molecule has 0 unspecified atom stereocenters. The highest BCUT2D eigenvalue weighted by molar-refractivity contribution is 6.58. The van der Waals surface area contributed by atoms with Crippen molar-refractivity contribution in [1.82, 2.24) is 5.32 Å². The summed E-state index contributed by atoms with van der Waals surface area (Å²) in [6.45, 7) is 7.11. The number of hydrogen-bond acceptors (Lipinski definition) is 3. The minimum Gasteiger partial charge on any atom is -0.423 e. The molecule has 0 aliphatic heterocycles. The average Bonchev–Trinajstić information content (AvgIpc) is 2.30. The molecule has 1 rings (SSSR count). The van der Waals surface area contributed by atoms with Gasteiger partial charge in [-0.1, -0.05) is 36.9 Å². The van der Waals surface area contributed by atoms with Crippen LogP contribution in [-0.4, -0.2) is 29.1 Å². The van der Waals surface area contributed by atoms with Crippen molar-refractivity contribution in [1.29, 1.82) is 0 Å². The monoisotopic (exact) mass is 235 g/mol. The fraction of sp³-hybridized carbons (Fsp3) is 0.250. The average molecular weight is 235 g/mol. The van der Waals surface area contributed by atoms with E-state index in [1.54, 1.807) is 24.3 Å². The summed E-state index contributed by atoms with van der Waals surface area (Å²) in [5, 5.41) is 19.8. The number of amides is 1. The van der Waals surface area contributed by atoms with Gasteiger partial charge < -0.3 is 15.4 Å². The molecule has 0 atom stereocenters. The molecule has 17 heavy (non-hydrogen) atoms. The SMILES string of the molecule is C=CC(=O)NC(C)C.OB(O)c1ccccc1. The highest BCUT2D eigenvalue weighted by atomic mass is 16.4. The Labute approximate surface area is 102 Å². The van der Waals surface area contributed by atoms with Crippen LogP contribution in [0.5, 0.6) is 0 Å². The fourth-order valence-electron chi connectivity index (χ4n) is 0.969. The van der Waals surface area contributed by atoms with Crippen LogP contribution in [0.4, 0.5) is 0 Å². The summed E-state index contributed by atoms with van der Waals surface area (Å²) in [4.78, 5) is 10.4. The zero-order chi connectivity index (χ0) is 13.3. The van der Waals surface area contributed by atoms with E-state index < -0.39 is 7.12 Å². The van der Waals surface area contributed by atoms with Gasteiger partial charge in [0.2, 0.25) is 5.91 Å². The van der Waals surface area contributed by atoms with Crippen molar-refractivity contribution in [3.63, 3.8) is 0 Å². The minimum absolute atomic E-state index is 0.111. The maximum atomic E-state index is 10.4. The first-order valence-electron chi connectivity index (χ1n) is 5.31. The highest BCUT2D eigenvalue weighted by Gasteiger charge is 2.07. The van der Waals surface area contributed by atoms with Gasteiger partial charge in [0.25, 0.3) is 0 Å². The van der Waals surface area contributed by atoms with Crippen LogP contribution in [0.3, 0.4) is 0 Å². The molecule has 0 bridgehead atoms. The lowest BCUT2D eigenvalue weighted by molar-refractivity contribution is -0.116. The van der Waals surface area contributed by atoms with Crippen LogP contribution >= 0.6 is 0 Å². The topological polar surface area (TPSA) is 69.6 Å². The molecule has 0 saturated heterocycles. The van der Waals surface area contributed by atoms with Crippen molar-refractivity contribution in [3.05, 3.63) is 43.0 Å². The largest absolute Gasteiger partial charge is 0.488 e. The van der Waals surface area contributed by atoms with E-state index in [9.17, 15) is 4.79 Å². The van der Waals surface area contributed by atoms with E-state index in [2.05, 4.69) is 11.9 Å². The number of nitrogens with one attached hydrogen (secondary N) is 1. The third-order valence-electron chi connectivity index (χ3n) is 1.71. The number of carbonyl (C=O) groups is 1. The van der Waals surface area contributed by atoms with E-state index in [0.717, 1.165) is 0 Å². The summed E-state index contributed by atoms with van der Waals surface area (Å²) in [6, 6.07) is 8.87. The summed E-state index contributed by atoms with van der Waals surface area (Å²) >= 11 is 0. The predicted molar refractivity (Wildman–Crippen MR) is 69.7 cm³/mol. The van der Waals surface area contributed by atoms with E-state index in [1.807, 2.05) is 19.9 Å². The quantitative estimate of drug-likeness (QED) is 0.512. The summed E-state index contributed by atoms with van der Waals surface area (Å²) in [7, 11) is -1.34. The lowest BCUT2D eigenvalue weighted by Gasteiger charge is -2.02. The van der Waals surface area contributed by atoms with Crippen LogP contribution in [-0.2, 0) is 4.79 Å². The normalized spacial score (nSPS) is 9.00. The molecule has 1 amide bonds. The Morgan fingerprint density at radius 3 is 2.12 bits per heavy atom. The van der Waals surface area contributed by atoms with Gasteiger partial charge in [-0.25, -0.2) is 0 Å². The smallest absolute Gasteiger partial charge is 0.423 e. The Morgan fingerprint density at radius 2 is 1.88 bits per heavy atom. The number of benzene rings is 1. The van der Waals surface area contributed by atoms with E-state index in [1.165, 1.54) is 6.08 Å². The summed E-state index contributed by atoms with van der Waals surface area (Å²) in [5.41, 5.74) is 0.525. The van der Waals surface area contributed by atoms with Crippen molar-refractivity contribution in [3.8, 4) is 0 Å². The Morgan fingerprint density at radius 1 is 1.35 bits per heavy atom. The standard InChI is InChI=1S/C6H7BO2.C6H11NO/c8-7(9)6-4-2-1-3-5-6;1-4-6(8)7-5(2)3/h1-5,8-9H;4-5H,1H2,2-3H3,(H,7,8). The van der Waals surface area contributed by atoms with Crippen molar-refractivity contribution < 1.29 is 14.8 Å². The molecule has 0 aromatic heterocycles. The Balaban J connectivity index is 0.000000304. The summed E-state index contributed by atoms with van der Waals surface area (Å²) in [5.74, 6) is -0.111. The molecule has 3 N–H and O–H groups in total. The Kier molecular flexibility index (Phi) is 7.76. The van der Waals surface area contributed by atoms with Crippen LogP contribution in [0.15, 0.2) is 43.0 Å². The number of rotatable bonds is 3. The molecule has 0 aliphatic rings. The van der Waals surface area contributed by atoms with Crippen LogP contribution in [0, 0.1) is 0 Å². The first kappa shape index (κ1) is 15.4. The molecule has 5 heteroatoms. The van der Waals surface area contributed by atoms with Crippen LogP contribution < -0.4 is 10.8 Å². The van der Waals surface area contributed by atoms with Gasteiger partial charge in [-0.2, -0.15) is 0 Å². The Hall–Kier alpha value is -1.59. The lowest BCUT2D eigenvalue weighted by Crippen LogP contribution is -2.29. The Bertz CT molecular complexity index is 339.